The molecular formula is C29H32N2O9. The number of amides is 1. The van der Waals surface area contributed by atoms with Crippen LogP contribution < -0.4 is 9.64 Å². The average Bonchev–Trinajstić information content (AvgIpc) is 3.39. The first kappa shape index (κ1) is 27.3. The third-order valence-electron chi connectivity index (χ3n) is 7.48. The van der Waals surface area contributed by atoms with E-state index in [0.29, 0.717) is 17.8 Å². The topological polar surface area (TPSA) is 121 Å². The minimum atomic E-state index is -1.43. The highest BCUT2D eigenvalue weighted by Gasteiger charge is 2.72. The van der Waals surface area contributed by atoms with E-state index in [4.69, 9.17) is 18.9 Å². The van der Waals surface area contributed by atoms with Crippen molar-refractivity contribution in [3.63, 3.8) is 0 Å². The fraction of sp³-hybridized carbons (Fsp3) is 0.448. The lowest BCUT2D eigenvalue weighted by Gasteiger charge is -2.33. The Morgan fingerprint density at radius 1 is 1.07 bits per heavy atom. The number of carbonyl (C=O) groups is 4. The van der Waals surface area contributed by atoms with Gasteiger partial charge >= 0.3 is 18.2 Å². The van der Waals surface area contributed by atoms with Crippen LogP contribution in [-0.4, -0.2) is 80.5 Å². The average molecular weight is 553 g/mol. The Balaban J connectivity index is 1.60. The zero-order valence-electron chi connectivity index (χ0n) is 23.0. The molecule has 0 spiro atoms. The van der Waals surface area contributed by atoms with Gasteiger partial charge in [-0.05, 0) is 38.5 Å². The van der Waals surface area contributed by atoms with Crippen LogP contribution in [-0.2, 0) is 35.8 Å². The van der Waals surface area contributed by atoms with Crippen LogP contribution in [0.4, 0.5) is 15.3 Å². The summed E-state index contributed by atoms with van der Waals surface area (Å²) in [6.07, 6.45) is -0.697. The number of rotatable bonds is 7. The number of anilines is 1. The SMILES string of the molecule is COC(=O)OC[C@@]1(C=O)c2c(OCc3ccccc3)cc(C(=O)OC)cc2N2C[C@H]3[C@@H]([C@@H]21)N3C(=O)OC(C)(C)C. The van der Waals surface area contributed by atoms with Crippen molar-refractivity contribution in [1.82, 2.24) is 4.90 Å². The van der Waals surface area contributed by atoms with Crippen LogP contribution in [0.3, 0.4) is 0 Å². The Morgan fingerprint density at radius 2 is 1.80 bits per heavy atom. The molecule has 212 valence electrons. The molecule has 0 bridgehead atoms. The van der Waals surface area contributed by atoms with Crippen molar-refractivity contribution in [2.75, 3.05) is 32.3 Å². The molecule has 11 heteroatoms. The highest BCUT2D eigenvalue weighted by atomic mass is 16.7. The number of hydrogen-bond acceptors (Lipinski definition) is 10. The second-order valence-electron chi connectivity index (χ2n) is 11.1. The Labute approximate surface area is 231 Å². The van der Waals surface area contributed by atoms with E-state index in [1.54, 1.807) is 31.7 Å². The molecule has 3 heterocycles. The second kappa shape index (κ2) is 10.0. The van der Waals surface area contributed by atoms with Gasteiger partial charge in [0.2, 0.25) is 0 Å². The smallest absolute Gasteiger partial charge is 0.488 e. The summed E-state index contributed by atoms with van der Waals surface area (Å²) in [5.74, 6) is -0.296. The van der Waals surface area contributed by atoms with Gasteiger partial charge in [-0.15, -0.1) is 0 Å². The molecule has 11 nitrogen and oxygen atoms in total. The number of hydrogen-bond donors (Lipinski definition) is 0. The first-order valence-electron chi connectivity index (χ1n) is 12.9. The molecule has 0 aromatic heterocycles. The van der Waals surface area contributed by atoms with Crippen molar-refractivity contribution in [2.45, 2.75) is 56.5 Å². The van der Waals surface area contributed by atoms with Crippen LogP contribution in [0, 0.1) is 0 Å². The van der Waals surface area contributed by atoms with E-state index in [1.807, 2.05) is 35.2 Å². The largest absolute Gasteiger partial charge is 0.508 e. The van der Waals surface area contributed by atoms with Crippen LogP contribution in [0.15, 0.2) is 42.5 Å². The van der Waals surface area contributed by atoms with Crippen LogP contribution in [0.5, 0.6) is 5.75 Å². The molecule has 0 N–H and O–H groups in total. The van der Waals surface area contributed by atoms with Gasteiger partial charge in [-0.1, -0.05) is 30.3 Å². The van der Waals surface area contributed by atoms with Crippen molar-refractivity contribution in [3.05, 3.63) is 59.2 Å². The number of fused-ring (bicyclic) bond motifs is 5. The molecule has 2 aromatic rings. The van der Waals surface area contributed by atoms with Crippen LogP contribution in [0.1, 0.15) is 42.3 Å². The number of piperazine rings is 1. The zero-order chi connectivity index (χ0) is 28.8. The molecule has 0 radical (unpaired) electrons. The predicted octanol–water partition coefficient (Wildman–Crippen LogP) is 3.46. The standard InChI is InChI=1S/C29H32N2O9/c1-28(2,3)40-26(34)31-20-13-30-19-11-18(25(33)36-4)12-21(38-14-17-9-7-6-8-10-17)22(19)29(15-32,24(30)23(20)31)16-39-27(35)37-5/h6-12,15,20,23-24H,13-14,16H2,1-5H3/t20-,23-,24+,29-,31?/m0/s1. The number of aldehydes is 1. The van der Waals surface area contributed by atoms with Gasteiger partial charge in [-0.25, -0.2) is 14.4 Å². The Bertz CT molecular complexity index is 1340. The van der Waals surface area contributed by atoms with Gasteiger partial charge in [0.05, 0.1) is 37.9 Å². The molecule has 2 aromatic carbocycles. The molecular weight excluding hydrogens is 520 g/mol. The lowest BCUT2D eigenvalue weighted by atomic mass is 9.76. The van der Waals surface area contributed by atoms with Crippen molar-refractivity contribution in [2.24, 2.45) is 0 Å². The van der Waals surface area contributed by atoms with E-state index in [2.05, 4.69) is 4.74 Å². The Hall–Kier alpha value is -4.28. The number of nitrogens with zero attached hydrogens (tertiary/aromatic N) is 2. The fourth-order valence-electron chi connectivity index (χ4n) is 5.85. The maximum Gasteiger partial charge on any atom is 0.508 e. The Kier molecular flexibility index (Phi) is 6.85. The van der Waals surface area contributed by atoms with Gasteiger partial charge in [0.25, 0.3) is 0 Å². The zero-order valence-corrected chi connectivity index (χ0v) is 23.0. The van der Waals surface area contributed by atoms with Crippen LogP contribution in [0.2, 0.25) is 0 Å². The van der Waals surface area contributed by atoms with Crippen molar-refractivity contribution in [3.8, 4) is 5.75 Å². The summed E-state index contributed by atoms with van der Waals surface area (Å²) in [6.45, 7) is 5.54. The number of benzene rings is 2. The van der Waals surface area contributed by atoms with E-state index in [1.165, 1.54) is 20.3 Å². The maximum atomic E-state index is 13.2. The molecule has 2 fully saturated rings. The third-order valence-corrected chi connectivity index (χ3v) is 7.48. The fourth-order valence-corrected chi connectivity index (χ4v) is 5.85. The second-order valence-corrected chi connectivity index (χ2v) is 11.1. The molecule has 4 atom stereocenters. The van der Waals surface area contributed by atoms with E-state index in [9.17, 15) is 19.2 Å². The van der Waals surface area contributed by atoms with E-state index < -0.39 is 41.3 Å². The molecule has 0 aliphatic carbocycles. The highest BCUT2D eigenvalue weighted by Crippen LogP contribution is 2.59. The lowest BCUT2D eigenvalue weighted by molar-refractivity contribution is -0.115. The molecule has 0 unspecified atom stereocenters. The lowest BCUT2D eigenvalue weighted by Crippen LogP contribution is -2.52. The van der Waals surface area contributed by atoms with Crippen molar-refractivity contribution in [1.29, 1.82) is 0 Å². The summed E-state index contributed by atoms with van der Waals surface area (Å²) in [5, 5.41) is 0. The minimum absolute atomic E-state index is 0.158. The molecule has 3 aliphatic heterocycles. The molecule has 1 amide bonds. The molecule has 5 rings (SSSR count). The van der Waals surface area contributed by atoms with Gasteiger partial charge in [-0.2, -0.15) is 0 Å². The Morgan fingerprint density at radius 3 is 2.42 bits per heavy atom. The molecule has 0 saturated carbocycles. The van der Waals surface area contributed by atoms with Gasteiger partial charge in [-0.3, -0.25) is 4.90 Å². The van der Waals surface area contributed by atoms with Crippen molar-refractivity contribution < 1.29 is 42.9 Å². The summed E-state index contributed by atoms with van der Waals surface area (Å²) in [7, 11) is 2.46. The molecule has 2 saturated heterocycles. The van der Waals surface area contributed by atoms with Crippen LogP contribution in [0.25, 0.3) is 0 Å². The predicted molar refractivity (Wildman–Crippen MR) is 141 cm³/mol. The first-order chi connectivity index (χ1) is 19.0. The third kappa shape index (κ3) is 4.59. The van der Waals surface area contributed by atoms with Crippen molar-refractivity contribution >= 4 is 30.2 Å². The number of methoxy groups -OCH3 is 2. The number of ether oxygens (including phenoxy) is 5. The quantitative estimate of drug-likeness (QED) is 0.219. The van der Waals surface area contributed by atoms with Gasteiger partial charge in [0, 0.05) is 17.8 Å². The minimum Gasteiger partial charge on any atom is -0.488 e. The van der Waals surface area contributed by atoms with E-state index >= 15 is 0 Å². The number of esters is 1. The normalized spacial score (nSPS) is 23.9. The van der Waals surface area contributed by atoms with E-state index in [-0.39, 0.29) is 30.6 Å². The summed E-state index contributed by atoms with van der Waals surface area (Å²) in [6, 6.07) is 11.4. The molecule has 3 aliphatic rings. The monoisotopic (exact) mass is 552 g/mol. The van der Waals surface area contributed by atoms with Gasteiger partial charge in [0.1, 0.15) is 36.3 Å². The molecule has 40 heavy (non-hydrogen) atoms. The number of carbonyl (C=O) groups excluding carboxylic acids is 4. The van der Waals surface area contributed by atoms with E-state index in [0.717, 1.165) is 11.8 Å². The first-order valence-corrected chi connectivity index (χ1v) is 12.9. The van der Waals surface area contributed by atoms with Crippen LogP contribution >= 0.6 is 0 Å². The van der Waals surface area contributed by atoms with Gasteiger partial charge < -0.3 is 33.4 Å². The summed E-state index contributed by atoms with van der Waals surface area (Å²) in [4.78, 5) is 54.5. The summed E-state index contributed by atoms with van der Waals surface area (Å²) in [5.41, 5.74) is 0.0284. The summed E-state index contributed by atoms with van der Waals surface area (Å²) >= 11 is 0. The highest BCUT2D eigenvalue weighted by molar-refractivity contribution is 5.95. The summed E-state index contributed by atoms with van der Waals surface area (Å²) < 4.78 is 26.9. The van der Waals surface area contributed by atoms with Gasteiger partial charge in [0.15, 0.2) is 0 Å². The maximum absolute atomic E-state index is 13.2.